The van der Waals surface area contributed by atoms with E-state index in [1.165, 1.54) is 11.1 Å². The highest BCUT2D eigenvalue weighted by Gasteiger charge is 2.31. The predicted octanol–water partition coefficient (Wildman–Crippen LogP) is 3.10. The minimum absolute atomic E-state index is 0.110. The summed E-state index contributed by atoms with van der Waals surface area (Å²) in [6.45, 7) is 9.58. The monoisotopic (exact) mass is 399 g/mol. The summed E-state index contributed by atoms with van der Waals surface area (Å²) in [6.07, 6.45) is 3.79. The molecular weight excluding hydrogens is 366 g/mol. The standard InChI is InChI=1S/C23H33N3O3/c1-3-29-23(28)26-15-13-25(14-16-26)22(27)21-9-11-24(12-10-21)18-19(2)17-20-7-5-4-6-8-20/h4-8,17,21H,3,9-16,18H2,1-2H3/b19-17+. The van der Waals surface area contributed by atoms with Crippen LogP contribution in [0.1, 0.15) is 32.3 Å². The van der Waals surface area contributed by atoms with Gasteiger partial charge in [0.15, 0.2) is 0 Å². The summed E-state index contributed by atoms with van der Waals surface area (Å²) in [4.78, 5) is 30.8. The van der Waals surface area contributed by atoms with Crippen molar-refractivity contribution >= 4 is 18.1 Å². The Kier molecular flexibility index (Phi) is 7.69. The number of likely N-dealkylation sites (tertiary alicyclic amines) is 1. The molecule has 2 fully saturated rings. The Morgan fingerprint density at radius 1 is 1.00 bits per heavy atom. The lowest BCUT2D eigenvalue weighted by atomic mass is 9.94. The lowest BCUT2D eigenvalue weighted by Crippen LogP contribution is -2.53. The number of rotatable bonds is 5. The van der Waals surface area contributed by atoms with Gasteiger partial charge in [-0.3, -0.25) is 9.69 Å². The highest BCUT2D eigenvalue weighted by molar-refractivity contribution is 5.79. The number of nitrogens with zero attached hydrogens (tertiary/aromatic N) is 3. The zero-order valence-electron chi connectivity index (χ0n) is 17.7. The maximum absolute atomic E-state index is 12.9. The molecule has 29 heavy (non-hydrogen) atoms. The molecule has 2 heterocycles. The molecule has 0 aliphatic carbocycles. The molecule has 158 valence electrons. The molecule has 3 rings (SSSR count). The maximum atomic E-state index is 12.9. The zero-order valence-corrected chi connectivity index (χ0v) is 17.7. The van der Waals surface area contributed by atoms with Crippen LogP contribution in [0.25, 0.3) is 6.08 Å². The van der Waals surface area contributed by atoms with Gasteiger partial charge in [-0.1, -0.05) is 42.0 Å². The molecule has 2 saturated heterocycles. The molecular formula is C23H33N3O3. The van der Waals surface area contributed by atoms with E-state index in [4.69, 9.17) is 4.74 Å². The summed E-state index contributed by atoms with van der Waals surface area (Å²) >= 11 is 0. The Morgan fingerprint density at radius 3 is 2.24 bits per heavy atom. The van der Waals surface area contributed by atoms with E-state index in [1.54, 1.807) is 4.90 Å². The summed E-state index contributed by atoms with van der Waals surface area (Å²) in [5.41, 5.74) is 2.58. The smallest absolute Gasteiger partial charge is 0.409 e. The third-order valence-electron chi connectivity index (χ3n) is 5.74. The van der Waals surface area contributed by atoms with E-state index >= 15 is 0 Å². The van der Waals surface area contributed by atoms with Crippen LogP contribution in [0.3, 0.4) is 0 Å². The van der Waals surface area contributed by atoms with Crippen molar-refractivity contribution in [1.29, 1.82) is 0 Å². The number of benzene rings is 1. The molecule has 0 radical (unpaired) electrons. The van der Waals surface area contributed by atoms with Gasteiger partial charge in [0.1, 0.15) is 0 Å². The van der Waals surface area contributed by atoms with Crippen molar-refractivity contribution < 1.29 is 14.3 Å². The number of ether oxygens (including phenoxy) is 1. The molecule has 0 saturated carbocycles. The first-order valence-electron chi connectivity index (χ1n) is 10.7. The Labute approximate surface area is 174 Å². The van der Waals surface area contributed by atoms with Crippen LogP contribution >= 0.6 is 0 Å². The van der Waals surface area contributed by atoms with Crippen molar-refractivity contribution in [3.05, 3.63) is 41.5 Å². The number of piperazine rings is 1. The van der Waals surface area contributed by atoms with Crippen molar-refractivity contribution in [3.8, 4) is 0 Å². The SMILES string of the molecule is CCOC(=O)N1CCN(C(=O)C2CCN(C/C(C)=C/c3ccccc3)CC2)CC1. The van der Waals surface area contributed by atoms with Gasteiger partial charge >= 0.3 is 6.09 Å². The van der Waals surface area contributed by atoms with Crippen molar-refractivity contribution in [1.82, 2.24) is 14.7 Å². The zero-order chi connectivity index (χ0) is 20.6. The number of carbonyl (C=O) groups excluding carboxylic acids is 2. The number of hydrogen-bond donors (Lipinski definition) is 0. The minimum Gasteiger partial charge on any atom is -0.450 e. The van der Waals surface area contributed by atoms with Crippen LogP contribution in [0.4, 0.5) is 4.79 Å². The van der Waals surface area contributed by atoms with Crippen LogP contribution < -0.4 is 0 Å². The summed E-state index contributed by atoms with van der Waals surface area (Å²) in [5.74, 6) is 0.364. The summed E-state index contributed by atoms with van der Waals surface area (Å²) in [7, 11) is 0. The van der Waals surface area contributed by atoms with Gasteiger partial charge in [0.2, 0.25) is 5.91 Å². The topological polar surface area (TPSA) is 53.1 Å². The summed E-state index contributed by atoms with van der Waals surface area (Å²) in [6, 6.07) is 10.4. The fourth-order valence-corrected chi connectivity index (χ4v) is 4.15. The van der Waals surface area contributed by atoms with Gasteiger partial charge in [0, 0.05) is 38.6 Å². The highest BCUT2D eigenvalue weighted by atomic mass is 16.6. The number of hydrogen-bond acceptors (Lipinski definition) is 4. The van der Waals surface area contributed by atoms with E-state index in [0.717, 1.165) is 32.5 Å². The quantitative estimate of drug-likeness (QED) is 0.764. The molecule has 6 heteroatoms. The first-order chi connectivity index (χ1) is 14.1. The Morgan fingerprint density at radius 2 is 1.62 bits per heavy atom. The van der Waals surface area contributed by atoms with Crippen LogP contribution in [0, 0.1) is 5.92 Å². The molecule has 2 aliphatic heterocycles. The Balaban J connectivity index is 1.42. The number of amides is 2. The molecule has 0 spiro atoms. The average Bonchev–Trinajstić information content (AvgIpc) is 2.75. The molecule has 0 N–H and O–H groups in total. The first kappa shape index (κ1) is 21.4. The second-order valence-corrected chi connectivity index (χ2v) is 7.96. The maximum Gasteiger partial charge on any atom is 0.409 e. The Hall–Kier alpha value is -2.34. The fraction of sp³-hybridized carbons (Fsp3) is 0.565. The molecule has 6 nitrogen and oxygen atoms in total. The molecule has 0 bridgehead atoms. The minimum atomic E-state index is -0.271. The average molecular weight is 400 g/mol. The molecule has 1 aromatic rings. The normalized spacial score (nSPS) is 19.3. The van der Waals surface area contributed by atoms with Crippen molar-refractivity contribution in [3.63, 3.8) is 0 Å². The lowest BCUT2D eigenvalue weighted by molar-refractivity contribution is -0.138. The van der Waals surface area contributed by atoms with Crippen LogP contribution in [-0.4, -0.2) is 79.1 Å². The van der Waals surface area contributed by atoms with Gasteiger partial charge in [0.05, 0.1) is 6.61 Å². The van der Waals surface area contributed by atoms with Crippen molar-refractivity contribution in [2.45, 2.75) is 26.7 Å². The number of carbonyl (C=O) groups is 2. The van der Waals surface area contributed by atoms with Crippen LogP contribution in [0.15, 0.2) is 35.9 Å². The van der Waals surface area contributed by atoms with Gasteiger partial charge in [-0.2, -0.15) is 0 Å². The van der Waals surface area contributed by atoms with E-state index in [9.17, 15) is 9.59 Å². The van der Waals surface area contributed by atoms with Gasteiger partial charge in [-0.05, 0) is 45.3 Å². The van der Waals surface area contributed by atoms with Crippen LogP contribution in [0.5, 0.6) is 0 Å². The first-order valence-corrected chi connectivity index (χ1v) is 10.7. The number of piperidine rings is 1. The molecule has 0 unspecified atom stereocenters. The summed E-state index contributed by atoms with van der Waals surface area (Å²) < 4.78 is 5.05. The largest absolute Gasteiger partial charge is 0.450 e. The third kappa shape index (κ3) is 6.07. The highest BCUT2D eigenvalue weighted by Crippen LogP contribution is 2.22. The van der Waals surface area contributed by atoms with Gasteiger partial charge in [-0.15, -0.1) is 0 Å². The second kappa shape index (κ2) is 10.4. The van der Waals surface area contributed by atoms with E-state index < -0.39 is 0 Å². The predicted molar refractivity (Wildman–Crippen MR) is 114 cm³/mol. The van der Waals surface area contributed by atoms with E-state index in [-0.39, 0.29) is 17.9 Å². The van der Waals surface area contributed by atoms with E-state index in [0.29, 0.717) is 32.8 Å². The van der Waals surface area contributed by atoms with Gasteiger partial charge < -0.3 is 14.5 Å². The van der Waals surface area contributed by atoms with Crippen LogP contribution in [-0.2, 0) is 9.53 Å². The Bertz CT molecular complexity index is 703. The van der Waals surface area contributed by atoms with Crippen LogP contribution in [0.2, 0.25) is 0 Å². The lowest BCUT2D eigenvalue weighted by Gasteiger charge is -2.38. The molecule has 0 atom stereocenters. The molecule has 2 amide bonds. The third-order valence-corrected chi connectivity index (χ3v) is 5.74. The fourth-order valence-electron chi connectivity index (χ4n) is 4.15. The van der Waals surface area contributed by atoms with E-state index in [2.05, 4.69) is 42.2 Å². The second-order valence-electron chi connectivity index (χ2n) is 7.96. The molecule has 1 aromatic carbocycles. The molecule has 0 aromatic heterocycles. The molecule has 2 aliphatic rings. The van der Waals surface area contributed by atoms with E-state index in [1.807, 2.05) is 17.9 Å². The van der Waals surface area contributed by atoms with Gasteiger partial charge in [0.25, 0.3) is 0 Å². The van der Waals surface area contributed by atoms with Crippen molar-refractivity contribution in [2.24, 2.45) is 5.92 Å². The van der Waals surface area contributed by atoms with Gasteiger partial charge in [-0.25, -0.2) is 4.79 Å². The summed E-state index contributed by atoms with van der Waals surface area (Å²) in [5, 5.41) is 0. The van der Waals surface area contributed by atoms with Crippen molar-refractivity contribution in [2.75, 3.05) is 52.4 Å².